The standard InChI is InChI=1S/C19H21F3N2OS/c20-19(21,22)15-7-3-6-14(10-15)11-16-12-23-18(26-16)24-17(25)9-8-13-4-1-2-5-13/h3,6-7,10,12-13H,1-2,4-5,8-9,11H2,(H,23,24,25). The summed E-state index contributed by atoms with van der Waals surface area (Å²) in [5.41, 5.74) is -0.0810. The lowest BCUT2D eigenvalue weighted by molar-refractivity contribution is -0.137. The van der Waals surface area contributed by atoms with Gasteiger partial charge < -0.3 is 5.32 Å². The van der Waals surface area contributed by atoms with Crippen LogP contribution in [0.3, 0.4) is 0 Å². The fraction of sp³-hybridized carbons (Fsp3) is 0.474. The van der Waals surface area contributed by atoms with Crippen LogP contribution in [0.1, 0.15) is 54.5 Å². The van der Waals surface area contributed by atoms with Crippen LogP contribution >= 0.6 is 11.3 Å². The largest absolute Gasteiger partial charge is 0.416 e. The molecule has 0 saturated heterocycles. The van der Waals surface area contributed by atoms with Gasteiger partial charge in [-0.2, -0.15) is 13.2 Å². The number of anilines is 1. The molecule has 7 heteroatoms. The van der Waals surface area contributed by atoms with Gasteiger partial charge in [-0.3, -0.25) is 4.79 Å². The smallest absolute Gasteiger partial charge is 0.302 e. The Kier molecular flexibility index (Phi) is 5.96. The molecule has 3 nitrogen and oxygen atoms in total. The Balaban J connectivity index is 1.53. The van der Waals surface area contributed by atoms with Crippen LogP contribution in [0.15, 0.2) is 30.5 Å². The van der Waals surface area contributed by atoms with Gasteiger partial charge in [-0.25, -0.2) is 4.98 Å². The molecular formula is C19H21F3N2OS. The van der Waals surface area contributed by atoms with Crippen molar-refractivity contribution in [2.45, 2.75) is 51.1 Å². The normalized spacial score (nSPS) is 15.3. The molecule has 1 saturated carbocycles. The zero-order valence-electron chi connectivity index (χ0n) is 14.3. The maximum atomic E-state index is 12.8. The van der Waals surface area contributed by atoms with Crippen molar-refractivity contribution in [1.82, 2.24) is 4.98 Å². The summed E-state index contributed by atoms with van der Waals surface area (Å²) >= 11 is 1.30. The Bertz CT molecular complexity index is 751. The van der Waals surface area contributed by atoms with E-state index in [9.17, 15) is 18.0 Å². The van der Waals surface area contributed by atoms with Gasteiger partial charge in [-0.1, -0.05) is 43.9 Å². The summed E-state index contributed by atoms with van der Waals surface area (Å²) < 4.78 is 38.3. The van der Waals surface area contributed by atoms with Gasteiger partial charge in [0.25, 0.3) is 0 Å². The number of amides is 1. The van der Waals surface area contributed by atoms with Crippen LogP contribution in [0.4, 0.5) is 18.3 Å². The number of hydrogen-bond acceptors (Lipinski definition) is 3. The molecule has 1 amide bonds. The number of carbonyl (C=O) groups excluding carboxylic acids is 1. The van der Waals surface area contributed by atoms with E-state index in [0.717, 1.165) is 23.4 Å². The first kappa shape index (κ1) is 18.9. The monoisotopic (exact) mass is 382 g/mol. The Hall–Kier alpha value is -1.89. The molecule has 3 rings (SSSR count). The van der Waals surface area contributed by atoms with Crippen molar-refractivity contribution in [3.8, 4) is 0 Å². The number of benzene rings is 1. The lowest BCUT2D eigenvalue weighted by atomic mass is 10.0. The molecule has 26 heavy (non-hydrogen) atoms. The summed E-state index contributed by atoms with van der Waals surface area (Å²) in [5, 5.41) is 3.30. The Morgan fingerprint density at radius 1 is 1.27 bits per heavy atom. The van der Waals surface area contributed by atoms with E-state index >= 15 is 0 Å². The lowest BCUT2D eigenvalue weighted by Crippen LogP contribution is -2.12. The summed E-state index contributed by atoms with van der Waals surface area (Å²) in [6.45, 7) is 0. The maximum Gasteiger partial charge on any atom is 0.416 e. The van der Waals surface area contributed by atoms with Gasteiger partial charge in [0.2, 0.25) is 5.91 Å². The van der Waals surface area contributed by atoms with Crippen LogP contribution in [-0.4, -0.2) is 10.9 Å². The van der Waals surface area contributed by atoms with Gasteiger partial charge >= 0.3 is 6.18 Å². The van der Waals surface area contributed by atoms with Crippen LogP contribution < -0.4 is 5.32 Å². The fourth-order valence-electron chi connectivity index (χ4n) is 3.32. The topological polar surface area (TPSA) is 42.0 Å². The summed E-state index contributed by atoms with van der Waals surface area (Å²) in [4.78, 5) is 17.0. The maximum absolute atomic E-state index is 12.8. The third kappa shape index (κ3) is 5.30. The number of halogens is 3. The Labute approximate surface area is 154 Å². The second-order valence-corrected chi connectivity index (χ2v) is 7.86. The van der Waals surface area contributed by atoms with Crippen molar-refractivity contribution in [3.63, 3.8) is 0 Å². The highest BCUT2D eigenvalue weighted by Crippen LogP contribution is 2.31. The molecule has 1 aliphatic carbocycles. The third-order valence-corrected chi connectivity index (χ3v) is 5.60. The first-order chi connectivity index (χ1) is 12.4. The van der Waals surface area contributed by atoms with Crippen LogP contribution in [0.2, 0.25) is 0 Å². The van der Waals surface area contributed by atoms with Crippen molar-refractivity contribution >= 4 is 22.4 Å². The molecule has 0 spiro atoms. The van der Waals surface area contributed by atoms with Crippen molar-refractivity contribution in [3.05, 3.63) is 46.5 Å². The molecule has 1 aromatic carbocycles. The van der Waals surface area contributed by atoms with Gasteiger partial charge in [-0.05, 0) is 24.0 Å². The number of nitrogens with zero attached hydrogens (tertiary/aromatic N) is 1. The van der Waals surface area contributed by atoms with Crippen molar-refractivity contribution in [1.29, 1.82) is 0 Å². The second kappa shape index (κ2) is 8.20. The fourth-order valence-corrected chi connectivity index (χ4v) is 4.18. The van der Waals surface area contributed by atoms with Crippen LogP contribution in [-0.2, 0) is 17.4 Å². The first-order valence-electron chi connectivity index (χ1n) is 8.81. The SMILES string of the molecule is O=C(CCC1CCCC1)Nc1ncc(Cc2cccc(C(F)(F)F)c2)s1. The zero-order valence-corrected chi connectivity index (χ0v) is 15.1. The summed E-state index contributed by atoms with van der Waals surface area (Å²) in [6, 6.07) is 5.28. The average Bonchev–Trinajstić information content (AvgIpc) is 3.24. The van der Waals surface area contributed by atoms with E-state index < -0.39 is 11.7 Å². The number of nitrogens with one attached hydrogen (secondary N) is 1. The molecule has 0 radical (unpaired) electrons. The van der Waals surface area contributed by atoms with E-state index in [-0.39, 0.29) is 5.91 Å². The number of alkyl halides is 3. The van der Waals surface area contributed by atoms with Crippen molar-refractivity contribution < 1.29 is 18.0 Å². The van der Waals surface area contributed by atoms with Gasteiger partial charge in [0.05, 0.1) is 5.56 Å². The highest BCUT2D eigenvalue weighted by Gasteiger charge is 2.30. The highest BCUT2D eigenvalue weighted by molar-refractivity contribution is 7.15. The van der Waals surface area contributed by atoms with E-state index in [1.54, 1.807) is 12.3 Å². The van der Waals surface area contributed by atoms with E-state index in [1.165, 1.54) is 43.1 Å². The zero-order chi connectivity index (χ0) is 18.6. The number of aromatic nitrogens is 1. The number of rotatable bonds is 6. The Morgan fingerprint density at radius 3 is 2.77 bits per heavy atom. The molecule has 1 aliphatic rings. The quantitative estimate of drug-likeness (QED) is 0.700. The molecule has 1 heterocycles. The minimum atomic E-state index is -4.35. The molecule has 1 aromatic heterocycles. The first-order valence-corrected chi connectivity index (χ1v) is 9.62. The van der Waals surface area contributed by atoms with E-state index in [1.807, 2.05) is 0 Å². The third-order valence-electron chi connectivity index (χ3n) is 4.69. The minimum absolute atomic E-state index is 0.0446. The van der Waals surface area contributed by atoms with Crippen LogP contribution in [0.25, 0.3) is 0 Å². The van der Waals surface area contributed by atoms with Gasteiger partial charge in [0, 0.05) is 23.9 Å². The molecule has 1 fully saturated rings. The average molecular weight is 382 g/mol. The molecule has 1 N–H and O–H groups in total. The number of thiazole rings is 1. The lowest BCUT2D eigenvalue weighted by Gasteiger charge is -2.08. The predicted octanol–water partition coefficient (Wildman–Crippen LogP) is 5.66. The molecule has 140 valence electrons. The van der Waals surface area contributed by atoms with Crippen molar-refractivity contribution in [2.24, 2.45) is 5.92 Å². The molecular weight excluding hydrogens is 361 g/mol. The molecule has 2 aromatic rings. The van der Waals surface area contributed by atoms with E-state index in [4.69, 9.17) is 0 Å². The summed E-state index contributed by atoms with van der Waals surface area (Å²) in [7, 11) is 0. The van der Waals surface area contributed by atoms with Crippen LogP contribution in [0, 0.1) is 5.92 Å². The Morgan fingerprint density at radius 2 is 2.04 bits per heavy atom. The summed E-state index contributed by atoms with van der Waals surface area (Å²) in [6.07, 6.45) is 3.98. The molecule has 0 bridgehead atoms. The van der Waals surface area contributed by atoms with Gasteiger partial charge in [0.15, 0.2) is 5.13 Å². The highest BCUT2D eigenvalue weighted by atomic mass is 32.1. The van der Waals surface area contributed by atoms with Gasteiger partial charge in [0.1, 0.15) is 0 Å². The summed E-state index contributed by atoms with van der Waals surface area (Å²) in [5.74, 6) is 0.616. The molecule has 0 aliphatic heterocycles. The number of hydrogen-bond donors (Lipinski definition) is 1. The second-order valence-electron chi connectivity index (χ2n) is 6.74. The van der Waals surface area contributed by atoms with E-state index in [0.29, 0.717) is 29.5 Å². The van der Waals surface area contributed by atoms with Crippen LogP contribution in [0.5, 0.6) is 0 Å². The van der Waals surface area contributed by atoms with Crippen molar-refractivity contribution in [2.75, 3.05) is 5.32 Å². The molecule has 0 unspecified atom stereocenters. The molecule has 0 atom stereocenters. The minimum Gasteiger partial charge on any atom is -0.302 e. The van der Waals surface area contributed by atoms with E-state index in [2.05, 4.69) is 10.3 Å². The van der Waals surface area contributed by atoms with Gasteiger partial charge in [-0.15, -0.1) is 11.3 Å². The predicted molar refractivity (Wildman–Crippen MR) is 96.2 cm³/mol. The number of carbonyl (C=O) groups is 1.